The van der Waals surface area contributed by atoms with Gasteiger partial charge >= 0.3 is 6.09 Å². The molecule has 1 fully saturated rings. The lowest BCUT2D eigenvalue weighted by Gasteiger charge is -2.27. The van der Waals surface area contributed by atoms with E-state index in [4.69, 9.17) is 14.7 Å². The molecule has 1 amide bonds. The standard InChI is InChI=1S/C12H20N2O3/c1-12(2,3)17-11(15)14-10(8-13)9-4-6-16-7-5-9/h9-10H,4-7H2,1-3H3,(H,14,15). The molecule has 0 aromatic carbocycles. The minimum Gasteiger partial charge on any atom is -0.444 e. The number of carbonyl (C=O) groups is 1. The van der Waals surface area contributed by atoms with Gasteiger partial charge in [-0.15, -0.1) is 0 Å². The predicted molar refractivity (Wildman–Crippen MR) is 62.3 cm³/mol. The number of hydrogen-bond acceptors (Lipinski definition) is 4. The Hall–Kier alpha value is -1.28. The van der Waals surface area contributed by atoms with Gasteiger partial charge in [0, 0.05) is 13.2 Å². The minimum absolute atomic E-state index is 0.154. The molecule has 5 nitrogen and oxygen atoms in total. The van der Waals surface area contributed by atoms with Gasteiger partial charge < -0.3 is 14.8 Å². The smallest absolute Gasteiger partial charge is 0.408 e. The van der Waals surface area contributed by atoms with Crippen molar-refractivity contribution in [1.29, 1.82) is 5.26 Å². The van der Waals surface area contributed by atoms with E-state index in [1.807, 2.05) is 0 Å². The largest absolute Gasteiger partial charge is 0.444 e. The lowest BCUT2D eigenvalue weighted by Crippen LogP contribution is -2.43. The minimum atomic E-state index is -0.542. The Kier molecular flexibility index (Phi) is 4.76. The third-order valence-corrected chi connectivity index (χ3v) is 2.55. The second kappa shape index (κ2) is 5.87. The summed E-state index contributed by atoms with van der Waals surface area (Å²) in [5, 5.41) is 11.7. The Bertz CT molecular complexity index is 298. The molecule has 0 spiro atoms. The summed E-state index contributed by atoms with van der Waals surface area (Å²) in [6.07, 6.45) is 1.07. The van der Waals surface area contributed by atoms with E-state index in [9.17, 15) is 4.79 Å². The van der Waals surface area contributed by atoms with Crippen LogP contribution in [0.4, 0.5) is 4.79 Å². The van der Waals surface area contributed by atoms with Crippen molar-refractivity contribution in [2.24, 2.45) is 5.92 Å². The molecule has 1 heterocycles. The number of nitrogens with zero attached hydrogens (tertiary/aromatic N) is 1. The summed E-state index contributed by atoms with van der Waals surface area (Å²) in [5.74, 6) is 0.154. The lowest BCUT2D eigenvalue weighted by molar-refractivity contribution is 0.0401. The highest BCUT2D eigenvalue weighted by Gasteiger charge is 2.27. The summed E-state index contributed by atoms with van der Waals surface area (Å²) in [7, 11) is 0. The number of alkyl carbamates (subject to hydrolysis) is 1. The van der Waals surface area contributed by atoms with Crippen molar-refractivity contribution in [3.63, 3.8) is 0 Å². The van der Waals surface area contributed by atoms with E-state index in [1.54, 1.807) is 20.8 Å². The van der Waals surface area contributed by atoms with E-state index in [-0.39, 0.29) is 5.92 Å². The summed E-state index contributed by atoms with van der Waals surface area (Å²) in [4.78, 5) is 11.6. The van der Waals surface area contributed by atoms with E-state index < -0.39 is 17.7 Å². The number of amides is 1. The Morgan fingerprint density at radius 3 is 2.53 bits per heavy atom. The molecule has 0 saturated carbocycles. The number of ether oxygens (including phenoxy) is 2. The van der Waals surface area contributed by atoms with Gasteiger partial charge in [-0.2, -0.15) is 5.26 Å². The maximum Gasteiger partial charge on any atom is 0.408 e. The number of carbonyl (C=O) groups excluding carboxylic acids is 1. The molecule has 0 bridgehead atoms. The lowest BCUT2D eigenvalue weighted by atomic mass is 9.93. The van der Waals surface area contributed by atoms with Crippen LogP contribution >= 0.6 is 0 Å². The van der Waals surface area contributed by atoms with Crippen LogP contribution < -0.4 is 5.32 Å². The van der Waals surface area contributed by atoms with Gasteiger partial charge in [-0.05, 0) is 39.5 Å². The normalized spacial score (nSPS) is 19.2. The van der Waals surface area contributed by atoms with Gasteiger partial charge in [0.1, 0.15) is 11.6 Å². The monoisotopic (exact) mass is 240 g/mol. The molecule has 5 heteroatoms. The fourth-order valence-electron chi connectivity index (χ4n) is 1.74. The van der Waals surface area contributed by atoms with E-state index in [0.717, 1.165) is 12.8 Å². The van der Waals surface area contributed by atoms with Gasteiger partial charge in [-0.1, -0.05) is 0 Å². The van der Waals surface area contributed by atoms with Gasteiger partial charge in [0.05, 0.1) is 6.07 Å². The van der Waals surface area contributed by atoms with Crippen molar-refractivity contribution in [1.82, 2.24) is 5.32 Å². The van der Waals surface area contributed by atoms with Crippen molar-refractivity contribution in [2.75, 3.05) is 13.2 Å². The first-order chi connectivity index (χ1) is 7.92. The topological polar surface area (TPSA) is 71.3 Å². The van der Waals surface area contributed by atoms with Gasteiger partial charge in [0.2, 0.25) is 0 Å². The second-order valence-electron chi connectivity index (χ2n) is 5.20. The summed E-state index contributed by atoms with van der Waals surface area (Å²) in [6.45, 7) is 6.69. The van der Waals surface area contributed by atoms with Crippen molar-refractivity contribution in [3.8, 4) is 6.07 Å². The predicted octanol–water partition coefficient (Wildman–Crippen LogP) is 1.83. The zero-order valence-corrected chi connectivity index (χ0v) is 10.7. The Morgan fingerprint density at radius 2 is 2.06 bits per heavy atom. The van der Waals surface area contributed by atoms with Gasteiger partial charge in [-0.25, -0.2) is 4.79 Å². The molecule has 0 aromatic heterocycles. The van der Waals surface area contributed by atoms with Gasteiger partial charge in [-0.3, -0.25) is 0 Å². The molecule has 0 aromatic rings. The van der Waals surface area contributed by atoms with Crippen LogP contribution in [0.25, 0.3) is 0 Å². The first-order valence-electron chi connectivity index (χ1n) is 5.89. The van der Waals surface area contributed by atoms with Crippen LogP contribution in [-0.4, -0.2) is 30.9 Å². The molecule has 0 radical (unpaired) electrons. The molecule has 0 aliphatic carbocycles. The van der Waals surface area contributed by atoms with E-state index in [2.05, 4.69) is 11.4 Å². The Balaban J connectivity index is 2.46. The molecule has 1 rings (SSSR count). The summed E-state index contributed by atoms with van der Waals surface area (Å²) in [5.41, 5.74) is -0.542. The summed E-state index contributed by atoms with van der Waals surface area (Å²) >= 11 is 0. The van der Waals surface area contributed by atoms with Crippen LogP contribution in [0.3, 0.4) is 0 Å². The van der Waals surface area contributed by atoms with Crippen molar-refractivity contribution in [3.05, 3.63) is 0 Å². The summed E-state index contributed by atoms with van der Waals surface area (Å²) < 4.78 is 10.4. The maximum atomic E-state index is 11.6. The number of nitriles is 1. The Labute approximate surface area is 102 Å². The average Bonchev–Trinajstić information content (AvgIpc) is 2.24. The van der Waals surface area contributed by atoms with Crippen LogP contribution in [0.2, 0.25) is 0 Å². The fourth-order valence-corrected chi connectivity index (χ4v) is 1.74. The first-order valence-corrected chi connectivity index (χ1v) is 5.89. The zero-order valence-electron chi connectivity index (χ0n) is 10.7. The molecule has 1 aliphatic heterocycles. The van der Waals surface area contributed by atoms with E-state index >= 15 is 0 Å². The molecule has 1 N–H and O–H groups in total. The zero-order chi connectivity index (χ0) is 12.9. The quantitative estimate of drug-likeness (QED) is 0.799. The van der Waals surface area contributed by atoms with E-state index in [1.165, 1.54) is 0 Å². The molecule has 96 valence electrons. The van der Waals surface area contributed by atoms with Crippen LogP contribution in [-0.2, 0) is 9.47 Å². The van der Waals surface area contributed by atoms with Crippen LogP contribution in [0.5, 0.6) is 0 Å². The van der Waals surface area contributed by atoms with Crippen molar-refractivity contribution >= 4 is 6.09 Å². The highest BCUT2D eigenvalue weighted by Crippen LogP contribution is 2.19. The molecule has 17 heavy (non-hydrogen) atoms. The summed E-state index contributed by atoms with van der Waals surface area (Å²) in [6, 6.07) is 1.63. The molecule has 1 aliphatic rings. The van der Waals surface area contributed by atoms with Crippen LogP contribution in [0.15, 0.2) is 0 Å². The van der Waals surface area contributed by atoms with Gasteiger partial charge in [0.25, 0.3) is 0 Å². The number of hydrogen-bond donors (Lipinski definition) is 1. The van der Waals surface area contributed by atoms with Crippen molar-refractivity contribution < 1.29 is 14.3 Å². The molecular weight excluding hydrogens is 220 g/mol. The Morgan fingerprint density at radius 1 is 1.47 bits per heavy atom. The van der Waals surface area contributed by atoms with E-state index in [0.29, 0.717) is 13.2 Å². The maximum absolute atomic E-state index is 11.6. The second-order valence-corrected chi connectivity index (χ2v) is 5.20. The highest BCUT2D eigenvalue weighted by molar-refractivity contribution is 5.68. The highest BCUT2D eigenvalue weighted by atomic mass is 16.6. The molecular formula is C12H20N2O3. The molecule has 1 atom stereocenters. The number of nitrogens with one attached hydrogen (secondary N) is 1. The average molecular weight is 240 g/mol. The third-order valence-electron chi connectivity index (χ3n) is 2.55. The molecule has 1 saturated heterocycles. The van der Waals surface area contributed by atoms with Crippen molar-refractivity contribution in [2.45, 2.75) is 45.3 Å². The molecule has 1 unspecified atom stereocenters. The fraction of sp³-hybridized carbons (Fsp3) is 0.833. The van der Waals surface area contributed by atoms with Crippen LogP contribution in [0.1, 0.15) is 33.6 Å². The number of rotatable bonds is 2. The van der Waals surface area contributed by atoms with Crippen LogP contribution in [0, 0.1) is 17.2 Å². The third kappa shape index (κ3) is 5.05. The SMILES string of the molecule is CC(C)(C)OC(=O)NC(C#N)C1CCOCC1. The van der Waals surface area contributed by atoms with Gasteiger partial charge in [0.15, 0.2) is 0 Å². The first kappa shape index (κ1) is 13.8.